The molecule has 0 aliphatic carbocycles. The Morgan fingerprint density at radius 1 is 1.33 bits per heavy atom. The number of nitrogens with zero attached hydrogens (tertiary/aromatic N) is 2. The Morgan fingerprint density at radius 3 is 2.71 bits per heavy atom. The fraction of sp³-hybridized carbons (Fsp3) is 0.278. The molecule has 0 fully saturated rings. The quantitative estimate of drug-likeness (QED) is 0.680. The third-order valence-electron chi connectivity index (χ3n) is 3.92. The second kappa shape index (κ2) is 6.57. The van der Waals surface area contributed by atoms with Gasteiger partial charge in [-0.2, -0.15) is 0 Å². The second-order valence-electron chi connectivity index (χ2n) is 5.46. The van der Waals surface area contributed by atoms with Gasteiger partial charge in [-0.15, -0.1) is 11.3 Å². The number of fused-ring (bicyclic) bond motifs is 1. The van der Waals surface area contributed by atoms with Gasteiger partial charge < -0.3 is 4.74 Å². The molecule has 2 heterocycles. The molecule has 0 aliphatic rings. The first-order valence-electron chi connectivity index (χ1n) is 7.76. The van der Waals surface area contributed by atoms with Gasteiger partial charge in [-0.25, -0.2) is 9.78 Å². The van der Waals surface area contributed by atoms with Crippen LogP contribution in [0.2, 0.25) is 0 Å². The Balaban J connectivity index is 2.22. The molecule has 5 nitrogen and oxygen atoms in total. The molecule has 0 saturated carbocycles. The van der Waals surface area contributed by atoms with E-state index in [0.29, 0.717) is 10.2 Å². The molecule has 3 aromatic rings. The molecule has 0 unspecified atom stereocenters. The van der Waals surface area contributed by atoms with Gasteiger partial charge in [0.25, 0.3) is 5.56 Å². The average Bonchev–Trinajstić information content (AvgIpc) is 2.92. The van der Waals surface area contributed by atoms with Crippen molar-refractivity contribution in [3.63, 3.8) is 0 Å². The van der Waals surface area contributed by atoms with Crippen molar-refractivity contribution in [3.8, 4) is 11.1 Å². The normalized spacial score (nSPS) is 12.3. The van der Waals surface area contributed by atoms with Crippen LogP contribution in [-0.4, -0.2) is 22.1 Å². The summed E-state index contributed by atoms with van der Waals surface area (Å²) in [7, 11) is 0. The standard InChI is InChI=1S/C18H18N2O3S/c1-4-23-18(22)11(2)20-10-19-16-15(17(20)21)14(12(3)24-16)13-8-6-5-7-9-13/h5-11H,4H2,1-3H3/t11-/m0/s1. The third kappa shape index (κ3) is 2.73. The monoisotopic (exact) mass is 342 g/mol. The van der Waals surface area contributed by atoms with Crippen LogP contribution in [0.15, 0.2) is 41.5 Å². The first kappa shape index (κ1) is 16.4. The number of thiophene rings is 1. The maximum atomic E-state index is 13.0. The van der Waals surface area contributed by atoms with Gasteiger partial charge in [0.2, 0.25) is 0 Å². The van der Waals surface area contributed by atoms with Crippen molar-refractivity contribution in [1.29, 1.82) is 0 Å². The minimum Gasteiger partial charge on any atom is -0.464 e. The van der Waals surface area contributed by atoms with Gasteiger partial charge in [0.1, 0.15) is 10.9 Å². The smallest absolute Gasteiger partial charge is 0.328 e. The number of ether oxygens (including phenoxy) is 1. The van der Waals surface area contributed by atoms with E-state index in [9.17, 15) is 9.59 Å². The second-order valence-corrected chi connectivity index (χ2v) is 6.67. The third-order valence-corrected chi connectivity index (χ3v) is 4.93. The van der Waals surface area contributed by atoms with Gasteiger partial charge in [-0.3, -0.25) is 9.36 Å². The van der Waals surface area contributed by atoms with Crippen LogP contribution >= 0.6 is 11.3 Å². The fourth-order valence-electron chi connectivity index (χ4n) is 2.72. The van der Waals surface area contributed by atoms with E-state index in [2.05, 4.69) is 4.98 Å². The van der Waals surface area contributed by atoms with Gasteiger partial charge in [-0.1, -0.05) is 30.3 Å². The maximum Gasteiger partial charge on any atom is 0.328 e. The van der Waals surface area contributed by atoms with E-state index in [1.54, 1.807) is 13.8 Å². The summed E-state index contributed by atoms with van der Waals surface area (Å²) < 4.78 is 6.37. The summed E-state index contributed by atoms with van der Waals surface area (Å²) in [4.78, 5) is 31.1. The molecule has 0 aliphatic heterocycles. The van der Waals surface area contributed by atoms with E-state index in [1.165, 1.54) is 22.2 Å². The van der Waals surface area contributed by atoms with Crippen LogP contribution in [0.3, 0.4) is 0 Å². The number of aryl methyl sites for hydroxylation is 1. The summed E-state index contributed by atoms with van der Waals surface area (Å²) in [5.41, 5.74) is 1.64. The highest BCUT2D eigenvalue weighted by atomic mass is 32.1. The Morgan fingerprint density at radius 2 is 2.04 bits per heavy atom. The number of carbonyl (C=O) groups is 1. The van der Waals surface area contributed by atoms with Gasteiger partial charge in [0, 0.05) is 10.4 Å². The highest BCUT2D eigenvalue weighted by molar-refractivity contribution is 7.19. The summed E-state index contributed by atoms with van der Waals surface area (Å²) in [6.45, 7) is 5.65. The highest BCUT2D eigenvalue weighted by Crippen LogP contribution is 2.35. The van der Waals surface area contributed by atoms with Gasteiger partial charge in [-0.05, 0) is 26.3 Å². The molecule has 6 heteroatoms. The minimum atomic E-state index is -0.710. The maximum absolute atomic E-state index is 13.0. The van der Waals surface area contributed by atoms with Crippen LogP contribution in [0.1, 0.15) is 24.8 Å². The van der Waals surface area contributed by atoms with Crippen molar-refractivity contribution in [2.24, 2.45) is 0 Å². The van der Waals surface area contributed by atoms with Gasteiger partial charge in [0.05, 0.1) is 18.3 Å². The number of hydrogen-bond acceptors (Lipinski definition) is 5. The van der Waals surface area contributed by atoms with Crippen molar-refractivity contribution in [1.82, 2.24) is 9.55 Å². The van der Waals surface area contributed by atoms with E-state index in [0.717, 1.165) is 16.0 Å². The van der Waals surface area contributed by atoms with Gasteiger partial charge >= 0.3 is 5.97 Å². The largest absolute Gasteiger partial charge is 0.464 e. The van der Waals surface area contributed by atoms with Crippen LogP contribution < -0.4 is 5.56 Å². The van der Waals surface area contributed by atoms with Crippen LogP contribution in [0.5, 0.6) is 0 Å². The Bertz CT molecular complexity index is 944. The Kier molecular flexibility index (Phi) is 4.49. The number of benzene rings is 1. The molecule has 2 aromatic heterocycles. The van der Waals surface area contributed by atoms with Crippen molar-refractivity contribution in [2.45, 2.75) is 26.8 Å². The predicted octanol–water partition coefficient (Wildman–Crippen LogP) is 3.56. The van der Waals surface area contributed by atoms with Crippen LogP contribution in [0.4, 0.5) is 0 Å². The topological polar surface area (TPSA) is 61.2 Å². The summed E-state index contributed by atoms with van der Waals surface area (Å²) in [6.07, 6.45) is 1.43. The van der Waals surface area contributed by atoms with E-state index >= 15 is 0 Å². The number of carbonyl (C=O) groups excluding carboxylic acids is 1. The van der Waals surface area contributed by atoms with Crippen molar-refractivity contribution in [3.05, 3.63) is 51.9 Å². The summed E-state index contributed by atoms with van der Waals surface area (Å²) >= 11 is 1.49. The molecule has 0 spiro atoms. The lowest BCUT2D eigenvalue weighted by atomic mass is 10.0. The van der Waals surface area contributed by atoms with Crippen molar-refractivity contribution < 1.29 is 9.53 Å². The van der Waals surface area contributed by atoms with E-state index in [-0.39, 0.29) is 12.2 Å². The molecule has 0 N–H and O–H groups in total. The summed E-state index contributed by atoms with van der Waals surface area (Å²) in [5, 5.41) is 0.558. The molecule has 1 aromatic carbocycles. The molecular weight excluding hydrogens is 324 g/mol. The van der Waals surface area contributed by atoms with Crippen molar-refractivity contribution >= 4 is 27.5 Å². The molecule has 24 heavy (non-hydrogen) atoms. The lowest BCUT2D eigenvalue weighted by molar-refractivity contribution is -0.146. The Hall–Kier alpha value is -2.47. The molecule has 1 atom stereocenters. The SMILES string of the molecule is CCOC(=O)[C@H](C)n1cnc2sc(C)c(-c3ccccc3)c2c1=O. The summed E-state index contributed by atoms with van der Waals surface area (Å²) in [5.74, 6) is -0.436. The van der Waals surface area contributed by atoms with Crippen LogP contribution in [0, 0.1) is 6.92 Å². The first-order chi connectivity index (χ1) is 11.5. The predicted molar refractivity (Wildman–Crippen MR) is 95.4 cm³/mol. The molecule has 0 amide bonds. The number of hydrogen-bond donors (Lipinski definition) is 0. The summed E-state index contributed by atoms with van der Waals surface area (Å²) in [6, 6.07) is 9.05. The molecule has 0 saturated heterocycles. The average molecular weight is 342 g/mol. The molecule has 0 radical (unpaired) electrons. The number of rotatable bonds is 4. The van der Waals surface area contributed by atoms with Crippen molar-refractivity contribution in [2.75, 3.05) is 6.61 Å². The van der Waals surface area contributed by atoms with E-state index < -0.39 is 12.0 Å². The molecule has 0 bridgehead atoms. The zero-order chi connectivity index (χ0) is 17.3. The lowest BCUT2D eigenvalue weighted by Crippen LogP contribution is -2.29. The highest BCUT2D eigenvalue weighted by Gasteiger charge is 2.22. The Labute approximate surface area is 143 Å². The fourth-order valence-corrected chi connectivity index (χ4v) is 3.72. The zero-order valence-electron chi connectivity index (χ0n) is 13.8. The molecule has 124 valence electrons. The van der Waals surface area contributed by atoms with E-state index in [4.69, 9.17) is 4.74 Å². The zero-order valence-corrected chi connectivity index (χ0v) is 14.6. The van der Waals surface area contributed by atoms with E-state index in [1.807, 2.05) is 37.3 Å². The minimum absolute atomic E-state index is 0.219. The van der Waals surface area contributed by atoms with Gasteiger partial charge in [0.15, 0.2) is 0 Å². The number of aromatic nitrogens is 2. The van der Waals surface area contributed by atoms with Crippen LogP contribution in [-0.2, 0) is 9.53 Å². The lowest BCUT2D eigenvalue weighted by Gasteiger charge is -2.13. The molecular formula is C18H18N2O3S. The number of esters is 1. The molecule has 3 rings (SSSR count). The van der Waals surface area contributed by atoms with Crippen LogP contribution in [0.25, 0.3) is 21.3 Å². The first-order valence-corrected chi connectivity index (χ1v) is 8.58.